The van der Waals surface area contributed by atoms with Crippen LogP contribution in [0.3, 0.4) is 0 Å². The van der Waals surface area contributed by atoms with E-state index in [9.17, 15) is 48.3 Å². The van der Waals surface area contributed by atoms with E-state index in [1.54, 1.807) is 18.2 Å². The van der Waals surface area contributed by atoms with Crippen LogP contribution in [0.1, 0.15) is 103 Å². The molecule has 0 aliphatic carbocycles. The van der Waals surface area contributed by atoms with Crippen LogP contribution in [0.5, 0.6) is 5.75 Å². The second kappa shape index (κ2) is 53.4. The molecule has 0 radical (unpaired) electrons. The van der Waals surface area contributed by atoms with Gasteiger partial charge in [-0.1, -0.05) is 82.3 Å². The topological polar surface area (TPSA) is 432 Å². The number of benzene rings is 3. The first-order valence-corrected chi connectivity index (χ1v) is 35.9. The fourth-order valence-corrected chi connectivity index (χ4v) is 10.3. The maximum Gasteiger partial charge on any atom is 0.305 e. The molecular weight excluding hydrogens is 1350 g/mol. The molecule has 16 N–H and O–H groups in total. The molecule has 6 atom stereocenters. The largest absolute Gasteiger partial charge is 0.508 e. The van der Waals surface area contributed by atoms with Gasteiger partial charge in [-0.15, -0.1) is 0 Å². The van der Waals surface area contributed by atoms with Crippen molar-refractivity contribution < 1.29 is 81.8 Å². The molecule has 32 heteroatoms. The van der Waals surface area contributed by atoms with Crippen LogP contribution < -0.4 is 64.2 Å². The Morgan fingerprint density at radius 3 is 1.40 bits per heavy atom. The van der Waals surface area contributed by atoms with Crippen LogP contribution in [0.2, 0.25) is 0 Å². The molecule has 0 aromatic heterocycles. The summed E-state index contributed by atoms with van der Waals surface area (Å²) in [7, 11) is 0. The number of nitrogens with one attached hydrogen (secondary N) is 12. The van der Waals surface area contributed by atoms with Gasteiger partial charge in [0.25, 0.3) is 0 Å². The minimum atomic E-state index is -1.37. The zero-order valence-corrected chi connectivity index (χ0v) is 60.7. The Morgan fingerprint density at radius 2 is 0.881 bits per heavy atom. The molecule has 0 fully saturated rings. The number of aromatic hydroxyl groups is 1. The smallest absolute Gasteiger partial charge is 0.305 e. The Balaban J connectivity index is 1.71. The van der Waals surface area contributed by atoms with Crippen molar-refractivity contribution >= 4 is 95.2 Å². The number of carboxylic acid groups (broad SMARTS) is 1. The number of ether oxygens (including phenoxy) is 6. The molecule has 5 unspecified atom stereocenters. The van der Waals surface area contributed by atoms with Gasteiger partial charge in [0.1, 0.15) is 42.0 Å². The van der Waals surface area contributed by atoms with Crippen molar-refractivity contribution in [2.45, 2.75) is 153 Å². The number of rotatable bonds is 58. The summed E-state index contributed by atoms with van der Waals surface area (Å²) in [4.78, 5) is 123. The molecule has 3 aromatic rings. The number of phenols is 1. The third kappa shape index (κ3) is 41.3. The molecule has 0 spiro atoms. The molecule has 0 saturated carbocycles. The zero-order chi connectivity index (χ0) is 74.0. The second-order valence-corrected chi connectivity index (χ2v) is 25.2. The maximum atomic E-state index is 14.8. The first-order chi connectivity index (χ1) is 48.6. The standard InChI is InChI=1S/C69H111N13O17S2/c1-47(2)72-25-9-7-14-54(63(88)74-28-30-95-32-34-97-36-38-99-40-39-98-37-35-96-33-31-94-29-23-62(86)87)79-68(93)59(46-101)78-61(85)45-76-64(89)57(44-50-17-20-51-12-5-6-13-52(51)42-50)82-66(91)56(16-11-27-75-69(70)71)80-65(90)55(15-8-10-26-73-48(3)4)81-67(92)58(77-60(84)24-41-100)43-49-18-21-53(83)22-19-49/h5-6,12-13,17-22,42,47-48,54-59,72-73,83,100-101H,7-11,14-16,23-41,43-46H2,1-4H3,(H,74,88)(H,76,89)(H,77,84)(H,78,85)(H,79,93)(H,80,90)(H,81,92)(H,82,91)(H,86,87)(H4,70,71,75)/t54?,55?,56-,57?,58?,59?/m1/s1. The van der Waals surface area contributed by atoms with Gasteiger partial charge in [-0.05, 0) is 104 Å². The summed E-state index contributed by atoms with van der Waals surface area (Å²) in [5.74, 6) is -6.64. The number of guanidine groups is 1. The van der Waals surface area contributed by atoms with Gasteiger partial charge in [0, 0.05) is 50.2 Å². The minimum Gasteiger partial charge on any atom is -0.508 e. The Hall–Kier alpha value is -7.40. The van der Waals surface area contributed by atoms with Crippen LogP contribution in [0.15, 0.2) is 66.7 Å². The fraction of sp³-hybridized carbons (Fsp3) is 0.623. The van der Waals surface area contributed by atoms with Gasteiger partial charge in [0.15, 0.2) is 5.96 Å². The number of carboxylic acids is 1. The summed E-state index contributed by atoms with van der Waals surface area (Å²) in [6.07, 6.45) is 2.75. The fourth-order valence-electron chi connectivity index (χ4n) is 9.87. The van der Waals surface area contributed by atoms with Crippen LogP contribution in [0.25, 0.3) is 10.8 Å². The van der Waals surface area contributed by atoms with Crippen LogP contribution in [-0.2, 0) is 84.4 Å². The van der Waals surface area contributed by atoms with Gasteiger partial charge in [-0.3, -0.25) is 48.6 Å². The molecule has 30 nitrogen and oxygen atoms in total. The normalized spacial score (nSPS) is 13.1. The highest BCUT2D eigenvalue weighted by molar-refractivity contribution is 7.80. The van der Waals surface area contributed by atoms with E-state index in [2.05, 4.69) is 83.7 Å². The summed E-state index contributed by atoms with van der Waals surface area (Å²) in [5.41, 5.74) is 6.82. The number of hydrogen-bond donors (Lipinski definition) is 17. The Morgan fingerprint density at radius 1 is 0.446 bits per heavy atom. The summed E-state index contributed by atoms with van der Waals surface area (Å²) in [6, 6.07) is 12.3. The summed E-state index contributed by atoms with van der Waals surface area (Å²) in [6.45, 7) is 12.5. The van der Waals surface area contributed by atoms with Crippen LogP contribution in [0, 0.1) is 5.41 Å². The van der Waals surface area contributed by atoms with Crippen molar-refractivity contribution in [2.75, 3.05) is 124 Å². The van der Waals surface area contributed by atoms with Gasteiger partial charge in [-0.25, -0.2) is 0 Å². The lowest BCUT2D eigenvalue weighted by molar-refractivity contribution is -0.138. The predicted molar refractivity (Wildman–Crippen MR) is 390 cm³/mol. The average Bonchev–Trinajstić information content (AvgIpc) is 0.843. The van der Waals surface area contributed by atoms with Crippen LogP contribution >= 0.6 is 25.3 Å². The molecule has 0 aliphatic rings. The summed E-state index contributed by atoms with van der Waals surface area (Å²) >= 11 is 8.53. The molecule has 3 rings (SSSR count). The molecule has 0 bridgehead atoms. The van der Waals surface area contributed by atoms with E-state index in [1.807, 2.05) is 64.1 Å². The highest BCUT2D eigenvalue weighted by atomic mass is 32.1. The number of carbonyl (C=O) groups excluding carboxylic acids is 8. The molecular formula is C69H111N13O17S2. The molecule has 566 valence electrons. The van der Waals surface area contributed by atoms with E-state index >= 15 is 0 Å². The zero-order valence-electron chi connectivity index (χ0n) is 58.9. The molecule has 0 heterocycles. The average molecular weight is 1460 g/mol. The number of hydrogen-bond acceptors (Lipinski definition) is 21. The number of phenolic OH excluding ortho intramolecular Hbond substituents is 1. The monoisotopic (exact) mass is 1460 g/mol. The number of thiol groups is 2. The first kappa shape index (κ1) is 87.8. The predicted octanol–water partition coefficient (Wildman–Crippen LogP) is 0.896. The van der Waals surface area contributed by atoms with Gasteiger partial charge >= 0.3 is 5.97 Å². The summed E-state index contributed by atoms with van der Waals surface area (Å²) < 4.78 is 32.7. The van der Waals surface area contributed by atoms with E-state index in [0.717, 1.165) is 10.8 Å². The Bertz CT molecular complexity index is 2940. The number of unbranched alkanes of at least 4 members (excludes halogenated alkanes) is 2. The number of carbonyl (C=O) groups is 9. The van der Waals surface area contributed by atoms with E-state index in [0.29, 0.717) is 103 Å². The highest BCUT2D eigenvalue weighted by Gasteiger charge is 2.33. The van der Waals surface area contributed by atoms with Crippen molar-refractivity contribution in [3.63, 3.8) is 0 Å². The number of fused-ring (bicyclic) bond motifs is 1. The Kier molecular flexibility index (Phi) is 46.4. The number of aliphatic carboxylic acids is 1. The molecule has 3 aromatic carbocycles. The van der Waals surface area contributed by atoms with Crippen LogP contribution in [0.4, 0.5) is 0 Å². The molecule has 0 aliphatic heterocycles. The maximum absolute atomic E-state index is 14.8. The third-order valence-corrected chi connectivity index (χ3v) is 15.8. The number of nitrogens with two attached hydrogens (primary N) is 1. The van der Waals surface area contributed by atoms with E-state index in [-0.39, 0.29) is 126 Å². The molecule has 0 saturated heterocycles. The van der Waals surface area contributed by atoms with Crippen molar-refractivity contribution in [1.29, 1.82) is 5.41 Å². The van der Waals surface area contributed by atoms with Gasteiger partial charge < -0.3 is 103 Å². The lowest BCUT2D eigenvalue weighted by Gasteiger charge is -2.27. The quantitative estimate of drug-likeness (QED) is 0.0161. The second-order valence-electron chi connectivity index (χ2n) is 24.4. The van der Waals surface area contributed by atoms with E-state index < -0.39 is 96.0 Å². The van der Waals surface area contributed by atoms with Crippen molar-refractivity contribution in [3.05, 3.63) is 77.9 Å². The van der Waals surface area contributed by atoms with Crippen molar-refractivity contribution in [3.8, 4) is 5.75 Å². The lowest BCUT2D eigenvalue weighted by atomic mass is 10.00. The lowest BCUT2D eigenvalue weighted by Crippen LogP contribution is -2.59. The van der Waals surface area contributed by atoms with E-state index in [4.69, 9.17) is 44.7 Å². The van der Waals surface area contributed by atoms with Gasteiger partial charge in [-0.2, -0.15) is 25.3 Å². The van der Waals surface area contributed by atoms with Crippen molar-refractivity contribution in [2.24, 2.45) is 5.73 Å². The minimum absolute atomic E-state index is 0.00225. The van der Waals surface area contributed by atoms with Crippen molar-refractivity contribution in [1.82, 2.24) is 58.5 Å². The SMILES string of the molecule is CC(C)NCCCCC(NC(=O)C(CS)NC(=O)CNC(=O)C(Cc1ccc2ccccc2c1)NC(=O)[C@@H](CCCNC(=N)N)NC(=O)C(CCCCNC(C)C)NC(=O)C(Cc1ccc(O)cc1)NC(=O)CCS)C(=O)NCCOCCOCCOCCOCCOCCOCCC(=O)O. The van der Waals surface area contributed by atoms with E-state index in [1.165, 1.54) is 12.1 Å². The van der Waals surface area contributed by atoms with Crippen LogP contribution in [-0.4, -0.2) is 241 Å². The first-order valence-electron chi connectivity index (χ1n) is 34.6. The Labute approximate surface area is 604 Å². The number of amides is 8. The highest BCUT2D eigenvalue weighted by Crippen LogP contribution is 2.18. The summed E-state index contributed by atoms with van der Waals surface area (Å²) in [5, 5.41) is 59.3. The van der Waals surface area contributed by atoms with Gasteiger partial charge in [0.05, 0.1) is 92.2 Å². The third-order valence-electron chi connectivity index (χ3n) is 15.2. The molecule has 8 amide bonds. The van der Waals surface area contributed by atoms with Gasteiger partial charge in [0.2, 0.25) is 47.3 Å². The molecule has 101 heavy (non-hydrogen) atoms.